The van der Waals surface area contributed by atoms with Gasteiger partial charge in [-0.2, -0.15) is 0 Å². The molecule has 0 atom stereocenters. The third-order valence-electron chi connectivity index (χ3n) is 5.26. The van der Waals surface area contributed by atoms with E-state index in [1.54, 1.807) is 54.6 Å². The van der Waals surface area contributed by atoms with E-state index in [9.17, 15) is 13.2 Å². The maximum atomic E-state index is 13.7. The lowest BCUT2D eigenvalue weighted by atomic mass is 10.2. The monoisotopic (exact) mass is 542 g/mol. The van der Waals surface area contributed by atoms with Crippen LogP contribution >= 0.6 is 22.9 Å². The fraction of sp³-hybridized carbons (Fsp3) is 0.160. The summed E-state index contributed by atoms with van der Waals surface area (Å²) in [5, 5.41) is 12.2. The van der Waals surface area contributed by atoms with Gasteiger partial charge in [0.1, 0.15) is 17.3 Å². The van der Waals surface area contributed by atoms with Gasteiger partial charge in [0.15, 0.2) is 0 Å². The molecule has 0 aliphatic heterocycles. The van der Waals surface area contributed by atoms with Crippen molar-refractivity contribution in [2.24, 2.45) is 0 Å². The minimum atomic E-state index is -4.10. The van der Waals surface area contributed by atoms with E-state index < -0.39 is 22.5 Å². The quantitative estimate of drug-likeness (QED) is 0.323. The maximum absolute atomic E-state index is 13.7. The molecule has 8 nitrogen and oxygen atoms in total. The van der Waals surface area contributed by atoms with Crippen LogP contribution in [0.25, 0.3) is 10.6 Å². The van der Waals surface area contributed by atoms with Crippen LogP contribution in [-0.4, -0.2) is 38.2 Å². The van der Waals surface area contributed by atoms with Crippen molar-refractivity contribution in [2.45, 2.75) is 18.7 Å². The molecule has 0 spiro atoms. The number of amides is 1. The molecule has 4 aromatic rings. The van der Waals surface area contributed by atoms with Gasteiger partial charge in [0, 0.05) is 10.6 Å². The minimum absolute atomic E-state index is 0.0606. The van der Waals surface area contributed by atoms with E-state index in [2.05, 4.69) is 15.5 Å². The number of aryl methyl sites for hydroxylation is 2. The maximum Gasteiger partial charge on any atom is 0.264 e. The molecule has 0 radical (unpaired) electrons. The second kappa shape index (κ2) is 10.7. The Morgan fingerprint density at radius 2 is 1.67 bits per heavy atom. The predicted molar refractivity (Wildman–Crippen MR) is 142 cm³/mol. The first-order chi connectivity index (χ1) is 17.2. The Hall–Kier alpha value is -3.47. The molecular formula is C25H23ClN4O4S2. The highest BCUT2D eigenvalue weighted by atomic mass is 35.5. The number of carbonyl (C=O) groups excluding carboxylic acids is 1. The molecule has 0 aliphatic carbocycles. The van der Waals surface area contributed by atoms with Gasteiger partial charge in [-0.3, -0.25) is 14.4 Å². The molecule has 1 N–H and O–H groups in total. The summed E-state index contributed by atoms with van der Waals surface area (Å²) in [7, 11) is -2.65. The Bertz CT molecular complexity index is 1490. The fourth-order valence-corrected chi connectivity index (χ4v) is 5.72. The summed E-state index contributed by atoms with van der Waals surface area (Å²) in [5.74, 6) is -0.252. The SMILES string of the molecule is COc1ccc(C)cc1N(CC(=O)Nc1nnc(-c2ccc(Cl)cc2)s1)S(=O)(=O)c1ccc(C)cc1. The summed E-state index contributed by atoms with van der Waals surface area (Å²) in [4.78, 5) is 13.1. The van der Waals surface area contributed by atoms with Crippen molar-refractivity contribution in [3.05, 3.63) is 82.9 Å². The predicted octanol–water partition coefficient (Wildman–Crippen LogP) is 5.32. The van der Waals surface area contributed by atoms with Crippen LogP contribution in [0.4, 0.5) is 10.8 Å². The molecule has 36 heavy (non-hydrogen) atoms. The molecule has 0 bridgehead atoms. The van der Waals surface area contributed by atoms with Gasteiger partial charge < -0.3 is 4.74 Å². The topological polar surface area (TPSA) is 101 Å². The highest BCUT2D eigenvalue weighted by molar-refractivity contribution is 7.92. The summed E-state index contributed by atoms with van der Waals surface area (Å²) in [6.45, 7) is 3.21. The average Bonchev–Trinajstić information content (AvgIpc) is 3.31. The number of benzene rings is 3. The van der Waals surface area contributed by atoms with Gasteiger partial charge >= 0.3 is 0 Å². The third kappa shape index (κ3) is 5.67. The van der Waals surface area contributed by atoms with E-state index >= 15 is 0 Å². The molecule has 0 saturated heterocycles. The molecule has 11 heteroatoms. The van der Waals surface area contributed by atoms with Crippen LogP contribution < -0.4 is 14.4 Å². The first-order valence-corrected chi connectivity index (χ1v) is 13.4. The van der Waals surface area contributed by atoms with E-state index in [0.717, 1.165) is 21.0 Å². The minimum Gasteiger partial charge on any atom is -0.495 e. The molecule has 1 amide bonds. The molecule has 0 unspecified atom stereocenters. The normalized spacial score (nSPS) is 11.2. The van der Waals surface area contributed by atoms with Gasteiger partial charge in [-0.1, -0.05) is 58.8 Å². The zero-order valence-electron chi connectivity index (χ0n) is 19.7. The second-order valence-electron chi connectivity index (χ2n) is 7.97. The number of rotatable bonds is 8. The molecule has 4 rings (SSSR count). The lowest BCUT2D eigenvalue weighted by Gasteiger charge is -2.26. The van der Waals surface area contributed by atoms with Crippen molar-refractivity contribution in [3.63, 3.8) is 0 Å². The van der Waals surface area contributed by atoms with Gasteiger partial charge in [-0.15, -0.1) is 10.2 Å². The number of nitrogens with zero attached hydrogens (tertiary/aromatic N) is 3. The van der Waals surface area contributed by atoms with Crippen molar-refractivity contribution in [1.29, 1.82) is 0 Å². The number of methoxy groups -OCH3 is 1. The molecule has 0 fully saturated rings. The van der Waals surface area contributed by atoms with Gasteiger partial charge in [-0.25, -0.2) is 8.42 Å². The Kier molecular flexibility index (Phi) is 7.58. The first-order valence-electron chi connectivity index (χ1n) is 10.8. The van der Waals surface area contributed by atoms with Crippen molar-refractivity contribution in [2.75, 3.05) is 23.3 Å². The highest BCUT2D eigenvalue weighted by Gasteiger charge is 2.30. The van der Waals surface area contributed by atoms with Crippen LogP contribution in [0.15, 0.2) is 71.6 Å². The van der Waals surface area contributed by atoms with Gasteiger partial charge in [0.2, 0.25) is 11.0 Å². The van der Waals surface area contributed by atoms with E-state index in [4.69, 9.17) is 16.3 Å². The van der Waals surface area contributed by atoms with Gasteiger partial charge in [0.25, 0.3) is 10.0 Å². The number of hydrogen-bond acceptors (Lipinski definition) is 7. The van der Waals surface area contributed by atoms with Crippen molar-refractivity contribution in [3.8, 4) is 16.3 Å². The summed E-state index contributed by atoms with van der Waals surface area (Å²) in [6.07, 6.45) is 0. The van der Waals surface area contributed by atoms with Crippen molar-refractivity contribution < 1.29 is 17.9 Å². The number of nitrogens with one attached hydrogen (secondary N) is 1. The van der Waals surface area contributed by atoms with Gasteiger partial charge in [0.05, 0.1) is 17.7 Å². The molecule has 0 saturated carbocycles. The first kappa shape index (κ1) is 25.6. The Morgan fingerprint density at radius 3 is 2.33 bits per heavy atom. The number of hydrogen-bond donors (Lipinski definition) is 1. The number of ether oxygens (including phenoxy) is 1. The molecule has 0 aliphatic rings. The average molecular weight is 543 g/mol. The van der Waals surface area contributed by atoms with Crippen LogP contribution in [0, 0.1) is 13.8 Å². The zero-order chi connectivity index (χ0) is 25.9. The second-order valence-corrected chi connectivity index (χ2v) is 11.2. The van der Waals surface area contributed by atoms with Crippen LogP contribution in [0.2, 0.25) is 5.02 Å². The summed E-state index contributed by atoms with van der Waals surface area (Å²) in [5.41, 5.74) is 2.78. The van der Waals surface area contributed by atoms with E-state index in [0.29, 0.717) is 15.8 Å². The summed E-state index contributed by atoms with van der Waals surface area (Å²) < 4.78 is 33.8. The van der Waals surface area contributed by atoms with Crippen LogP contribution in [0.3, 0.4) is 0 Å². The van der Waals surface area contributed by atoms with E-state index in [1.165, 1.54) is 30.6 Å². The summed E-state index contributed by atoms with van der Waals surface area (Å²) >= 11 is 7.11. The number of anilines is 2. The molecule has 3 aromatic carbocycles. The Morgan fingerprint density at radius 1 is 1.00 bits per heavy atom. The molecular weight excluding hydrogens is 520 g/mol. The fourth-order valence-electron chi connectivity index (χ4n) is 3.40. The molecule has 186 valence electrons. The van der Waals surface area contributed by atoms with E-state index in [-0.39, 0.29) is 15.7 Å². The number of sulfonamides is 1. The summed E-state index contributed by atoms with van der Waals surface area (Å²) in [6, 6.07) is 18.7. The smallest absolute Gasteiger partial charge is 0.264 e. The lowest BCUT2D eigenvalue weighted by Crippen LogP contribution is -2.38. The van der Waals surface area contributed by atoms with Crippen LogP contribution in [0.1, 0.15) is 11.1 Å². The van der Waals surface area contributed by atoms with Gasteiger partial charge in [-0.05, 0) is 55.8 Å². The number of aromatic nitrogens is 2. The third-order valence-corrected chi connectivity index (χ3v) is 8.18. The van der Waals surface area contributed by atoms with E-state index in [1.807, 2.05) is 13.8 Å². The number of carbonyl (C=O) groups is 1. The standard InChI is InChI=1S/C25H23ClN4O4S2/c1-16-4-11-20(12-5-16)36(32,33)30(21-14-17(2)6-13-22(21)34-3)15-23(31)27-25-29-28-24(35-25)18-7-9-19(26)10-8-18/h4-14H,15H2,1-3H3,(H,27,29,31). The molecule has 1 heterocycles. The largest absolute Gasteiger partial charge is 0.495 e. The number of halogens is 1. The molecule has 1 aromatic heterocycles. The lowest BCUT2D eigenvalue weighted by molar-refractivity contribution is -0.114. The zero-order valence-corrected chi connectivity index (χ0v) is 22.1. The van der Waals surface area contributed by atoms with Crippen molar-refractivity contribution in [1.82, 2.24) is 10.2 Å². The van der Waals surface area contributed by atoms with Crippen LogP contribution in [-0.2, 0) is 14.8 Å². The van der Waals surface area contributed by atoms with Crippen molar-refractivity contribution >= 4 is 49.7 Å². The Labute approximate surface area is 218 Å². The van der Waals surface area contributed by atoms with Crippen LogP contribution in [0.5, 0.6) is 5.75 Å². The Balaban J connectivity index is 1.64. The highest BCUT2D eigenvalue weighted by Crippen LogP contribution is 2.34.